The van der Waals surface area contributed by atoms with Gasteiger partial charge >= 0.3 is 25.9 Å². The summed E-state index contributed by atoms with van der Waals surface area (Å²) in [5.74, 6) is -2.09. The topological polar surface area (TPSA) is 182 Å². The second kappa shape index (κ2) is 16.9. The number of nitrogens with one attached hydrogen (secondary N) is 2. The molecule has 2 amide bonds. The number of carbonyl (C=O) groups is 5. The number of amides is 2. The third-order valence-electron chi connectivity index (χ3n) is 6.07. The first-order valence-electron chi connectivity index (χ1n) is 13.8. The number of esters is 2. The maximum atomic E-state index is 13.0. The Labute approximate surface area is 261 Å². The van der Waals surface area contributed by atoms with Gasteiger partial charge in [0.1, 0.15) is 12.6 Å². The number of thioether (sulfide) groups is 1. The average molecular weight is 661 g/mol. The molecule has 1 fully saturated rings. The lowest BCUT2D eigenvalue weighted by atomic mass is 9.87. The minimum absolute atomic E-state index is 0.0205. The molecular weight excluding hydrogens is 619 g/mol. The van der Waals surface area contributed by atoms with Gasteiger partial charge < -0.3 is 24.8 Å². The molecular formula is C28H41N2O12PS. The number of rotatable bonds is 13. The molecule has 3 atom stereocenters. The minimum Gasteiger partial charge on any atom is -0.469 e. The van der Waals surface area contributed by atoms with Crippen molar-refractivity contribution in [2.75, 3.05) is 39.4 Å². The van der Waals surface area contributed by atoms with Gasteiger partial charge in [-0.1, -0.05) is 76.8 Å². The van der Waals surface area contributed by atoms with Crippen molar-refractivity contribution < 1.29 is 56.3 Å². The standard InChI is InChI=1S/C28H41N2O12PS/c1-27(2,3)25(34)44-16-20(24(33)38-15-19-11-9-7-8-10-12-19)30-26(35)39-18-41-43(36)40-17-28(4,5)22(42-43)23(32)29-14-13-21(31)37-6/h7-11,20,22H,12-18H2,1-6H3,(H,29,32)(H,30,35)/t20-,22-,43-/m0/s1. The van der Waals surface area contributed by atoms with Gasteiger partial charge in [0.2, 0.25) is 12.7 Å². The Kier molecular flexibility index (Phi) is 14.3. The first-order valence-corrected chi connectivity index (χ1v) is 16.2. The first-order chi connectivity index (χ1) is 20.6. The number of allylic oxidation sites excluding steroid dienone is 5. The Hall–Kier alpha value is -2.97. The summed E-state index contributed by atoms with van der Waals surface area (Å²) >= 11 is 0.857. The van der Waals surface area contributed by atoms with Gasteiger partial charge in [-0.25, -0.2) is 18.7 Å². The molecule has 246 valence electrons. The van der Waals surface area contributed by atoms with Crippen LogP contribution >= 0.6 is 19.6 Å². The fourth-order valence-corrected chi connectivity index (χ4v) is 5.92. The van der Waals surface area contributed by atoms with Crippen LogP contribution in [0.4, 0.5) is 4.79 Å². The van der Waals surface area contributed by atoms with Gasteiger partial charge in [-0.2, -0.15) is 0 Å². The lowest BCUT2D eigenvalue weighted by Gasteiger charge is -2.39. The summed E-state index contributed by atoms with van der Waals surface area (Å²) in [6.45, 7) is 7.30. The second-order valence-electron chi connectivity index (χ2n) is 11.5. The zero-order valence-corrected chi connectivity index (χ0v) is 27.5. The van der Waals surface area contributed by atoms with Crippen LogP contribution in [0, 0.1) is 10.8 Å². The molecule has 14 nitrogen and oxygen atoms in total. The van der Waals surface area contributed by atoms with Crippen LogP contribution in [0.5, 0.6) is 0 Å². The zero-order chi connectivity index (χ0) is 33.0. The van der Waals surface area contributed by atoms with Crippen LogP contribution in [-0.2, 0) is 51.5 Å². The van der Waals surface area contributed by atoms with Gasteiger partial charge in [-0.05, 0) is 12.0 Å². The molecule has 1 aliphatic heterocycles. The normalized spacial score (nSPS) is 21.7. The maximum absolute atomic E-state index is 13.0. The number of phosphoric acid groups is 1. The number of methoxy groups -OCH3 is 1. The Morgan fingerprint density at radius 2 is 1.86 bits per heavy atom. The molecule has 2 N–H and O–H groups in total. The Morgan fingerprint density at radius 3 is 2.55 bits per heavy atom. The largest absolute Gasteiger partial charge is 0.478 e. The van der Waals surface area contributed by atoms with Crippen molar-refractivity contribution in [3.8, 4) is 0 Å². The highest BCUT2D eigenvalue weighted by molar-refractivity contribution is 8.13. The monoisotopic (exact) mass is 660 g/mol. The summed E-state index contributed by atoms with van der Waals surface area (Å²) in [4.78, 5) is 61.9. The third-order valence-corrected chi connectivity index (χ3v) is 8.78. The van der Waals surface area contributed by atoms with Crippen LogP contribution in [0.2, 0.25) is 0 Å². The van der Waals surface area contributed by atoms with E-state index in [0.717, 1.165) is 17.3 Å². The molecule has 0 spiro atoms. The van der Waals surface area contributed by atoms with E-state index in [-0.39, 0.29) is 37.0 Å². The van der Waals surface area contributed by atoms with E-state index < -0.39 is 61.5 Å². The van der Waals surface area contributed by atoms with E-state index in [2.05, 4.69) is 15.4 Å². The first kappa shape index (κ1) is 37.2. The molecule has 0 aromatic carbocycles. The van der Waals surface area contributed by atoms with Crippen LogP contribution in [0.15, 0.2) is 36.0 Å². The fraction of sp³-hybridized carbons (Fsp3) is 0.607. The number of ether oxygens (including phenoxy) is 3. The van der Waals surface area contributed by atoms with Crippen molar-refractivity contribution in [1.82, 2.24) is 10.6 Å². The van der Waals surface area contributed by atoms with E-state index in [1.54, 1.807) is 34.6 Å². The number of alkyl carbamates (subject to hydrolysis) is 1. The van der Waals surface area contributed by atoms with Crippen LogP contribution in [0.3, 0.4) is 0 Å². The van der Waals surface area contributed by atoms with E-state index in [0.29, 0.717) is 6.42 Å². The van der Waals surface area contributed by atoms with E-state index in [1.807, 2.05) is 30.4 Å². The van der Waals surface area contributed by atoms with Crippen molar-refractivity contribution in [1.29, 1.82) is 0 Å². The van der Waals surface area contributed by atoms with Gasteiger partial charge in [0.25, 0.3) is 0 Å². The van der Waals surface area contributed by atoms with Crippen LogP contribution in [-0.4, -0.2) is 80.6 Å². The summed E-state index contributed by atoms with van der Waals surface area (Å²) in [7, 11) is -3.14. The van der Waals surface area contributed by atoms with Crippen molar-refractivity contribution >= 4 is 48.6 Å². The summed E-state index contributed by atoms with van der Waals surface area (Å²) in [6, 6.07) is -1.26. The molecule has 0 unspecified atom stereocenters. The van der Waals surface area contributed by atoms with E-state index >= 15 is 0 Å². The van der Waals surface area contributed by atoms with Crippen LogP contribution < -0.4 is 10.6 Å². The smallest absolute Gasteiger partial charge is 0.469 e. The highest BCUT2D eigenvalue weighted by atomic mass is 32.2. The summed E-state index contributed by atoms with van der Waals surface area (Å²) < 4.78 is 43.6. The average Bonchev–Trinajstić information content (AvgIpc) is 3.23. The number of phosphoric ester groups is 1. The molecule has 44 heavy (non-hydrogen) atoms. The predicted molar refractivity (Wildman–Crippen MR) is 160 cm³/mol. The molecule has 1 heterocycles. The van der Waals surface area contributed by atoms with Gasteiger partial charge in [0, 0.05) is 23.1 Å². The van der Waals surface area contributed by atoms with E-state index in [4.69, 9.17) is 23.0 Å². The van der Waals surface area contributed by atoms with Crippen molar-refractivity contribution in [2.45, 2.75) is 59.6 Å². The molecule has 0 radical (unpaired) electrons. The molecule has 0 saturated carbocycles. The zero-order valence-electron chi connectivity index (χ0n) is 25.7. The number of hydrogen-bond donors (Lipinski definition) is 2. The maximum Gasteiger partial charge on any atom is 0.478 e. The molecule has 0 aromatic rings. The minimum atomic E-state index is -4.36. The van der Waals surface area contributed by atoms with Gasteiger partial charge in [0.15, 0.2) is 11.2 Å². The van der Waals surface area contributed by atoms with E-state index in [9.17, 15) is 28.5 Å². The van der Waals surface area contributed by atoms with Crippen molar-refractivity contribution in [3.05, 3.63) is 36.0 Å². The predicted octanol–water partition coefficient (Wildman–Crippen LogP) is 3.58. The van der Waals surface area contributed by atoms with Gasteiger partial charge in [-0.15, -0.1) is 0 Å². The lowest BCUT2D eigenvalue weighted by molar-refractivity contribution is -0.144. The molecule has 2 aliphatic rings. The Balaban J connectivity index is 1.95. The molecule has 0 aromatic heterocycles. The van der Waals surface area contributed by atoms with Gasteiger partial charge in [-0.3, -0.25) is 23.4 Å². The van der Waals surface area contributed by atoms with Crippen molar-refractivity contribution in [2.24, 2.45) is 10.8 Å². The molecule has 0 bridgehead atoms. The second-order valence-corrected chi connectivity index (χ2v) is 14.1. The molecule has 2 rings (SSSR count). The summed E-state index contributed by atoms with van der Waals surface area (Å²) in [5.41, 5.74) is -0.777. The van der Waals surface area contributed by atoms with Gasteiger partial charge in [0.05, 0.1) is 20.1 Å². The summed E-state index contributed by atoms with van der Waals surface area (Å²) in [6.07, 6.45) is 7.32. The van der Waals surface area contributed by atoms with E-state index in [1.165, 1.54) is 7.11 Å². The number of carbonyl (C=O) groups excluding carboxylic acids is 5. The van der Waals surface area contributed by atoms with Crippen LogP contribution in [0.1, 0.15) is 47.5 Å². The Morgan fingerprint density at radius 1 is 1.14 bits per heavy atom. The third kappa shape index (κ3) is 12.6. The Bertz CT molecular complexity index is 1210. The molecule has 1 saturated heterocycles. The SMILES string of the molecule is COC(=O)CCNC(=O)[C@@H]1O[P@](=O)(OCOC(=O)N[C@@H](CSC(=O)C(C)(C)C)C(=O)OCC2=CC=CC=CC2)OCC1(C)C. The lowest BCUT2D eigenvalue weighted by Crippen LogP contribution is -2.50. The number of hydrogen-bond acceptors (Lipinski definition) is 13. The fourth-order valence-electron chi connectivity index (χ4n) is 3.44. The highest BCUT2D eigenvalue weighted by Gasteiger charge is 2.49. The van der Waals surface area contributed by atoms with Crippen LogP contribution in [0.25, 0.3) is 0 Å². The highest BCUT2D eigenvalue weighted by Crippen LogP contribution is 2.57. The molecule has 1 aliphatic carbocycles. The quantitative estimate of drug-likeness (QED) is 0.127. The van der Waals surface area contributed by atoms with Crippen molar-refractivity contribution in [3.63, 3.8) is 0 Å². The summed E-state index contributed by atoms with van der Waals surface area (Å²) in [5, 5.41) is 4.65. The molecule has 16 heteroatoms.